The molecule has 3 heteroatoms. The first kappa shape index (κ1) is 9.74. The molecule has 78 valence electrons. The van der Waals surface area contributed by atoms with E-state index in [0.29, 0.717) is 0 Å². The summed E-state index contributed by atoms with van der Waals surface area (Å²) in [4.78, 5) is 3.45. The van der Waals surface area contributed by atoms with Crippen LogP contribution in [0.4, 0.5) is 0 Å². The lowest BCUT2D eigenvalue weighted by Gasteiger charge is -2.13. The number of nitrogens with two attached hydrogens (primary N) is 1. The van der Waals surface area contributed by atoms with Crippen LogP contribution in [0, 0.1) is 6.92 Å². The minimum atomic E-state index is 0.764. The number of H-pyrrole nitrogens is 1. The molecule has 0 amide bonds. The molecule has 2 heterocycles. The molecular weight excluding hydrogens is 176 g/mol. The van der Waals surface area contributed by atoms with Gasteiger partial charge in [-0.15, -0.1) is 0 Å². The van der Waals surface area contributed by atoms with Crippen LogP contribution in [0.1, 0.15) is 28.9 Å². The fraction of sp³-hybridized carbons (Fsp3) is 0.636. The van der Waals surface area contributed by atoms with Gasteiger partial charge in [0.2, 0.25) is 0 Å². The number of hydrogen-bond acceptors (Lipinski definition) is 2. The summed E-state index contributed by atoms with van der Waals surface area (Å²) >= 11 is 0. The molecular formula is C11H18N2O. The van der Waals surface area contributed by atoms with Crippen molar-refractivity contribution >= 4 is 0 Å². The molecule has 0 saturated carbocycles. The van der Waals surface area contributed by atoms with E-state index < -0.39 is 0 Å². The zero-order chi connectivity index (χ0) is 9.97. The first-order valence-corrected chi connectivity index (χ1v) is 5.30. The van der Waals surface area contributed by atoms with E-state index in [1.807, 2.05) is 0 Å². The average Bonchev–Trinajstić information content (AvgIpc) is 2.51. The molecule has 3 N–H and O–H groups in total. The quantitative estimate of drug-likeness (QED) is 0.761. The molecule has 0 fully saturated rings. The molecule has 0 atom stereocenters. The van der Waals surface area contributed by atoms with Crippen molar-refractivity contribution in [1.29, 1.82) is 0 Å². The van der Waals surface area contributed by atoms with Gasteiger partial charge < -0.3 is 15.5 Å². The van der Waals surface area contributed by atoms with Crippen molar-refractivity contribution in [3.63, 3.8) is 0 Å². The Morgan fingerprint density at radius 2 is 2.36 bits per heavy atom. The third-order valence-electron chi connectivity index (χ3n) is 2.89. The van der Waals surface area contributed by atoms with Crippen molar-refractivity contribution in [2.24, 2.45) is 5.73 Å². The maximum atomic E-state index is 5.53. The molecule has 0 spiro atoms. The van der Waals surface area contributed by atoms with Crippen LogP contribution in [-0.2, 0) is 24.2 Å². The normalized spacial score (nSPS) is 15.6. The molecule has 1 aliphatic heterocycles. The zero-order valence-electron chi connectivity index (χ0n) is 8.73. The van der Waals surface area contributed by atoms with Crippen molar-refractivity contribution in [3.8, 4) is 0 Å². The summed E-state index contributed by atoms with van der Waals surface area (Å²) in [6.07, 6.45) is 3.17. The smallest absolute Gasteiger partial charge is 0.0737 e. The van der Waals surface area contributed by atoms with Gasteiger partial charge in [0.1, 0.15) is 0 Å². The number of nitrogens with one attached hydrogen (secondary N) is 1. The van der Waals surface area contributed by atoms with E-state index in [1.165, 1.54) is 22.5 Å². The summed E-state index contributed by atoms with van der Waals surface area (Å²) in [6, 6.07) is 0. The fourth-order valence-corrected chi connectivity index (χ4v) is 2.14. The summed E-state index contributed by atoms with van der Waals surface area (Å²) < 4.78 is 5.48. The first-order chi connectivity index (χ1) is 6.83. The van der Waals surface area contributed by atoms with Gasteiger partial charge in [0.15, 0.2) is 0 Å². The molecule has 0 saturated heterocycles. The Labute approximate surface area is 84.6 Å². The van der Waals surface area contributed by atoms with Gasteiger partial charge in [0.05, 0.1) is 13.2 Å². The summed E-state index contributed by atoms with van der Waals surface area (Å²) in [5.41, 5.74) is 11.0. The van der Waals surface area contributed by atoms with Gasteiger partial charge in [0.25, 0.3) is 0 Å². The van der Waals surface area contributed by atoms with Crippen LogP contribution in [0.2, 0.25) is 0 Å². The number of hydrogen-bond donors (Lipinski definition) is 2. The highest BCUT2D eigenvalue weighted by Gasteiger charge is 2.17. The second-order valence-corrected chi connectivity index (χ2v) is 3.88. The number of ether oxygens (including phenoxy) is 1. The maximum Gasteiger partial charge on any atom is 0.0737 e. The van der Waals surface area contributed by atoms with E-state index in [-0.39, 0.29) is 0 Å². The van der Waals surface area contributed by atoms with Crippen molar-refractivity contribution in [1.82, 2.24) is 4.98 Å². The summed E-state index contributed by atoms with van der Waals surface area (Å²) in [6.45, 7) is 4.54. The van der Waals surface area contributed by atoms with E-state index >= 15 is 0 Å². The largest absolute Gasteiger partial charge is 0.376 e. The highest BCUT2D eigenvalue weighted by atomic mass is 16.5. The predicted octanol–water partition coefficient (Wildman–Crippen LogP) is 1.29. The molecule has 0 unspecified atom stereocenters. The van der Waals surface area contributed by atoms with Crippen molar-refractivity contribution in [2.45, 2.75) is 32.8 Å². The Bertz CT molecular complexity index is 317. The summed E-state index contributed by atoms with van der Waals surface area (Å²) in [5.74, 6) is 0. The van der Waals surface area contributed by atoms with E-state index in [2.05, 4.69) is 11.9 Å². The minimum Gasteiger partial charge on any atom is -0.376 e. The minimum absolute atomic E-state index is 0.764. The van der Waals surface area contributed by atoms with Crippen molar-refractivity contribution < 1.29 is 4.74 Å². The Balaban J connectivity index is 2.24. The number of fused-ring (bicyclic) bond motifs is 1. The molecule has 14 heavy (non-hydrogen) atoms. The fourth-order valence-electron chi connectivity index (χ4n) is 2.14. The molecule has 0 bridgehead atoms. The van der Waals surface area contributed by atoms with E-state index in [9.17, 15) is 0 Å². The average molecular weight is 194 g/mol. The molecule has 1 aromatic rings. The lowest BCUT2D eigenvalue weighted by Crippen LogP contribution is -2.10. The van der Waals surface area contributed by atoms with Crippen molar-refractivity contribution in [2.75, 3.05) is 13.2 Å². The third-order valence-corrected chi connectivity index (χ3v) is 2.89. The monoisotopic (exact) mass is 194 g/mol. The van der Waals surface area contributed by atoms with Gasteiger partial charge in [-0.05, 0) is 31.9 Å². The summed E-state index contributed by atoms with van der Waals surface area (Å²) in [7, 11) is 0. The molecule has 1 aliphatic rings. The van der Waals surface area contributed by atoms with Crippen LogP contribution < -0.4 is 5.73 Å². The van der Waals surface area contributed by atoms with Crippen LogP contribution in [0.25, 0.3) is 0 Å². The topological polar surface area (TPSA) is 51.0 Å². The highest BCUT2D eigenvalue weighted by molar-refractivity contribution is 5.37. The van der Waals surface area contributed by atoms with Gasteiger partial charge in [-0.1, -0.05) is 0 Å². The number of aromatic nitrogens is 1. The standard InChI is InChI=1S/C11H18N2O/c1-8-9(3-2-5-12)10-7-14-6-4-11(10)13-8/h13H,2-7,12H2,1H3. The number of aryl methyl sites for hydroxylation is 1. The zero-order valence-corrected chi connectivity index (χ0v) is 8.73. The lowest BCUT2D eigenvalue weighted by molar-refractivity contribution is 0.109. The lowest BCUT2D eigenvalue weighted by atomic mass is 10.0. The molecule has 0 aromatic carbocycles. The molecule has 3 nitrogen and oxygen atoms in total. The van der Waals surface area contributed by atoms with Gasteiger partial charge >= 0.3 is 0 Å². The Morgan fingerprint density at radius 3 is 3.14 bits per heavy atom. The van der Waals surface area contributed by atoms with Gasteiger partial charge in [0, 0.05) is 23.4 Å². The Hall–Kier alpha value is -0.800. The second kappa shape index (κ2) is 4.15. The Kier molecular flexibility index (Phi) is 2.89. The van der Waals surface area contributed by atoms with Crippen LogP contribution in [0.15, 0.2) is 0 Å². The first-order valence-electron chi connectivity index (χ1n) is 5.30. The third kappa shape index (κ3) is 1.70. The van der Waals surface area contributed by atoms with Gasteiger partial charge in [-0.25, -0.2) is 0 Å². The van der Waals surface area contributed by atoms with Gasteiger partial charge in [-0.2, -0.15) is 0 Å². The molecule has 0 aliphatic carbocycles. The predicted molar refractivity (Wildman–Crippen MR) is 56.3 cm³/mol. The van der Waals surface area contributed by atoms with E-state index in [4.69, 9.17) is 10.5 Å². The Morgan fingerprint density at radius 1 is 1.50 bits per heavy atom. The molecule has 2 rings (SSSR count). The van der Waals surface area contributed by atoms with Crippen LogP contribution in [-0.4, -0.2) is 18.1 Å². The number of aromatic amines is 1. The second-order valence-electron chi connectivity index (χ2n) is 3.88. The highest BCUT2D eigenvalue weighted by Crippen LogP contribution is 2.24. The molecule has 1 aromatic heterocycles. The van der Waals surface area contributed by atoms with Crippen LogP contribution >= 0.6 is 0 Å². The number of rotatable bonds is 3. The van der Waals surface area contributed by atoms with Crippen molar-refractivity contribution in [3.05, 3.63) is 22.5 Å². The van der Waals surface area contributed by atoms with E-state index in [1.54, 1.807) is 0 Å². The van der Waals surface area contributed by atoms with E-state index in [0.717, 1.165) is 39.0 Å². The van der Waals surface area contributed by atoms with Crippen LogP contribution in [0.3, 0.4) is 0 Å². The molecule has 0 radical (unpaired) electrons. The SMILES string of the molecule is Cc1[nH]c2c(c1CCCN)COCC2. The van der Waals surface area contributed by atoms with Gasteiger partial charge in [-0.3, -0.25) is 0 Å². The maximum absolute atomic E-state index is 5.53. The summed E-state index contributed by atoms with van der Waals surface area (Å²) in [5, 5.41) is 0. The van der Waals surface area contributed by atoms with Crippen LogP contribution in [0.5, 0.6) is 0 Å².